The van der Waals surface area contributed by atoms with Crippen molar-refractivity contribution < 1.29 is 29.0 Å². The standard InChI is InChI=1S/C15H20N2O6/c1-15(2,3)23-14(21)17-12(13(19)20)9-4-6-10(7-5-9)22-8-11(16)18/h4-7,12H,8H2,1-3H3,(H2,16,18)(H,17,21)(H,19,20)/t12-/m1/s1. The fourth-order valence-corrected chi connectivity index (χ4v) is 1.62. The molecule has 0 aliphatic heterocycles. The molecule has 0 aliphatic rings. The van der Waals surface area contributed by atoms with E-state index >= 15 is 0 Å². The summed E-state index contributed by atoms with van der Waals surface area (Å²) < 4.78 is 10.1. The number of ether oxygens (including phenoxy) is 2. The van der Waals surface area contributed by atoms with Crippen LogP contribution in [0.15, 0.2) is 24.3 Å². The van der Waals surface area contributed by atoms with Crippen LogP contribution in [0.3, 0.4) is 0 Å². The predicted molar refractivity (Wildman–Crippen MR) is 80.9 cm³/mol. The van der Waals surface area contributed by atoms with Crippen molar-refractivity contribution in [2.75, 3.05) is 6.61 Å². The molecule has 0 saturated carbocycles. The molecule has 2 amide bonds. The molecular formula is C15H20N2O6. The van der Waals surface area contributed by atoms with Crippen molar-refractivity contribution >= 4 is 18.0 Å². The number of primary amides is 1. The van der Waals surface area contributed by atoms with E-state index in [-0.39, 0.29) is 6.61 Å². The Morgan fingerprint density at radius 2 is 1.78 bits per heavy atom. The van der Waals surface area contributed by atoms with Gasteiger partial charge in [-0.15, -0.1) is 0 Å². The van der Waals surface area contributed by atoms with Crippen molar-refractivity contribution in [2.45, 2.75) is 32.4 Å². The smallest absolute Gasteiger partial charge is 0.408 e. The van der Waals surface area contributed by atoms with Crippen LogP contribution in [0.1, 0.15) is 32.4 Å². The highest BCUT2D eigenvalue weighted by atomic mass is 16.6. The molecule has 1 rings (SSSR count). The van der Waals surface area contributed by atoms with Gasteiger partial charge in [-0.05, 0) is 38.5 Å². The zero-order chi connectivity index (χ0) is 17.6. The molecule has 4 N–H and O–H groups in total. The van der Waals surface area contributed by atoms with Crippen molar-refractivity contribution in [3.05, 3.63) is 29.8 Å². The second kappa shape index (κ2) is 7.48. The van der Waals surface area contributed by atoms with Gasteiger partial charge in [-0.2, -0.15) is 0 Å². The Morgan fingerprint density at radius 1 is 1.22 bits per heavy atom. The van der Waals surface area contributed by atoms with Crippen molar-refractivity contribution in [1.82, 2.24) is 5.32 Å². The molecule has 126 valence electrons. The van der Waals surface area contributed by atoms with E-state index < -0.39 is 29.6 Å². The van der Waals surface area contributed by atoms with Gasteiger partial charge in [-0.3, -0.25) is 4.79 Å². The van der Waals surface area contributed by atoms with E-state index in [1.54, 1.807) is 20.8 Å². The molecule has 0 spiro atoms. The summed E-state index contributed by atoms with van der Waals surface area (Å²) in [5.41, 5.74) is 4.55. The van der Waals surface area contributed by atoms with Gasteiger partial charge in [0.05, 0.1) is 0 Å². The van der Waals surface area contributed by atoms with Gasteiger partial charge in [0.1, 0.15) is 11.4 Å². The molecule has 0 heterocycles. The minimum absolute atomic E-state index is 0.280. The first-order valence-corrected chi connectivity index (χ1v) is 6.82. The second-order valence-corrected chi connectivity index (χ2v) is 5.74. The fourth-order valence-electron chi connectivity index (χ4n) is 1.62. The van der Waals surface area contributed by atoms with Crippen LogP contribution >= 0.6 is 0 Å². The summed E-state index contributed by atoms with van der Waals surface area (Å²) in [4.78, 5) is 33.7. The first-order valence-electron chi connectivity index (χ1n) is 6.82. The maximum atomic E-state index is 11.7. The summed E-state index contributed by atoms with van der Waals surface area (Å²) in [7, 11) is 0. The lowest BCUT2D eigenvalue weighted by molar-refractivity contribution is -0.139. The molecule has 0 unspecified atom stereocenters. The van der Waals surface area contributed by atoms with Crippen molar-refractivity contribution in [1.29, 1.82) is 0 Å². The van der Waals surface area contributed by atoms with Crippen LogP contribution in [0, 0.1) is 0 Å². The Hall–Kier alpha value is -2.77. The number of aliphatic carboxylic acids is 1. The number of amides is 2. The maximum Gasteiger partial charge on any atom is 0.408 e. The number of hydrogen-bond donors (Lipinski definition) is 3. The number of carbonyl (C=O) groups excluding carboxylic acids is 2. The Kier molecular flexibility index (Phi) is 5.94. The molecule has 0 aromatic heterocycles. The van der Waals surface area contributed by atoms with Gasteiger partial charge in [-0.1, -0.05) is 12.1 Å². The Labute approximate surface area is 133 Å². The number of benzene rings is 1. The number of alkyl carbamates (subject to hydrolysis) is 1. The minimum atomic E-state index is -1.27. The Morgan fingerprint density at radius 3 is 2.22 bits per heavy atom. The van der Waals surface area contributed by atoms with Gasteiger partial charge in [0.2, 0.25) is 0 Å². The summed E-state index contributed by atoms with van der Waals surface area (Å²) >= 11 is 0. The van der Waals surface area contributed by atoms with Crippen molar-refractivity contribution in [3.63, 3.8) is 0 Å². The van der Waals surface area contributed by atoms with Crippen molar-refractivity contribution in [2.24, 2.45) is 5.73 Å². The van der Waals surface area contributed by atoms with Crippen LogP contribution in [0.25, 0.3) is 0 Å². The quantitative estimate of drug-likeness (QED) is 0.721. The molecule has 0 saturated heterocycles. The zero-order valence-corrected chi connectivity index (χ0v) is 13.2. The number of nitrogens with two attached hydrogens (primary N) is 1. The van der Waals surface area contributed by atoms with Crippen LogP contribution < -0.4 is 15.8 Å². The van der Waals surface area contributed by atoms with E-state index in [0.717, 1.165) is 0 Å². The van der Waals surface area contributed by atoms with Crippen molar-refractivity contribution in [3.8, 4) is 5.75 Å². The summed E-state index contributed by atoms with van der Waals surface area (Å²) in [5.74, 6) is -1.50. The SMILES string of the molecule is CC(C)(C)OC(=O)N[C@@H](C(=O)O)c1ccc(OCC(N)=O)cc1. The molecule has 0 fully saturated rings. The van der Waals surface area contributed by atoms with E-state index in [1.165, 1.54) is 24.3 Å². The largest absolute Gasteiger partial charge is 0.484 e. The molecule has 23 heavy (non-hydrogen) atoms. The summed E-state index contributed by atoms with van der Waals surface area (Å²) in [6.45, 7) is 4.74. The lowest BCUT2D eigenvalue weighted by Gasteiger charge is -2.22. The zero-order valence-electron chi connectivity index (χ0n) is 13.2. The molecule has 1 atom stereocenters. The van der Waals surface area contributed by atoms with E-state index in [0.29, 0.717) is 11.3 Å². The van der Waals surface area contributed by atoms with E-state index in [2.05, 4.69) is 5.32 Å². The monoisotopic (exact) mass is 324 g/mol. The Bertz CT molecular complexity index is 577. The first kappa shape index (κ1) is 18.3. The van der Waals surface area contributed by atoms with Crippen LogP contribution in [0.4, 0.5) is 4.79 Å². The highest BCUT2D eigenvalue weighted by Crippen LogP contribution is 2.19. The molecule has 1 aromatic carbocycles. The van der Waals surface area contributed by atoms with E-state index in [1.807, 2.05) is 0 Å². The van der Waals surface area contributed by atoms with Gasteiger partial charge in [-0.25, -0.2) is 9.59 Å². The third-order valence-corrected chi connectivity index (χ3v) is 2.50. The number of carboxylic acid groups (broad SMARTS) is 1. The highest BCUT2D eigenvalue weighted by Gasteiger charge is 2.25. The lowest BCUT2D eigenvalue weighted by Crippen LogP contribution is -2.38. The topological polar surface area (TPSA) is 128 Å². The molecule has 8 nitrogen and oxygen atoms in total. The average molecular weight is 324 g/mol. The van der Waals surface area contributed by atoms with Gasteiger partial charge >= 0.3 is 12.1 Å². The van der Waals surface area contributed by atoms with Crippen LogP contribution in [-0.4, -0.2) is 35.3 Å². The fraction of sp³-hybridized carbons (Fsp3) is 0.400. The van der Waals surface area contributed by atoms with Crippen LogP contribution in [0.5, 0.6) is 5.75 Å². The van der Waals surface area contributed by atoms with Gasteiger partial charge in [0.25, 0.3) is 5.91 Å². The third-order valence-electron chi connectivity index (χ3n) is 2.50. The molecule has 1 aromatic rings. The van der Waals surface area contributed by atoms with Gasteiger partial charge in [0, 0.05) is 0 Å². The first-order chi connectivity index (χ1) is 10.6. The molecule has 0 radical (unpaired) electrons. The number of rotatable bonds is 6. The number of hydrogen-bond acceptors (Lipinski definition) is 5. The normalized spacial score (nSPS) is 12.1. The van der Waals surface area contributed by atoms with Gasteiger partial charge in [0.15, 0.2) is 12.6 Å². The average Bonchev–Trinajstić information content (AvgIpc) is 2.41. The highest BCUT2D eigenvalue weighted by molar-refractivity contribution is 5.81. The molecular weight excluding hydrogens is 304 g/mol. The summed E-state index contributed by atoms with van der Waals surface area (Å²) in [6.07, 6.45) is -0.834. The van der Waals surface area contributed by atoms with Crippen LogP contribution in [0.2, 0.25) is 0 Å². The minimum Gasteiger partial charge on any atom is -0.484 e. The second-order valence-electron chi connectivity index (χ2n) is 5.74. The summed E-state index contributed by atoms with van der Waals surface area (Å²) in [5, 5.41) is 11.5. The predicted octanol–water partition coefficient (Wildman–Crippen LogP) is 1.20. The third kappa shape index (κ3) is 6.68. The summed E-state index contributed by atoms with van der Waals surface area (Å²) in [6, 6.07) is 4.62. The van der Waals surface area contributed by atoms with Gasteiger partial charge < -0.3 is 25.6 Å². The van der Waals surface area contributed by atoms with Crippen LogP contribution in [-0.2, 0) is 14.3 Å². The maximum absolute atomic E-state index is 11.7. The molecule has 8 heteroatoms. The molecule has 0 bridgehead atoms. The van der Waals surface area contributed by atoms with E-state index in [4.69, 9.17) is 15.2 Å². The number of nitrogens with one attached hydrogen (secondary N) is 1. The molecule has 0 aliphatic carbocycles. The number of carbonyl (C=O) groups is 3. The number of carboxylic acids is 1. The lowest BCUT2D eigenvalue weighted by atomic mass is 10.1. The van der Waals surface area contributed by atoms with E-state index in [9.17, 15) is 19.5 Å². The Balaban J connectivity index is 2.79.